The maximum atomic E-state index is 12.1. The minimum atomic E-state index is -0.589. The Morgan fingerprint density at radius 1 is 1.33 bits per heavy atom. The number of rotatable bonds is 6. The van der Waals surface area contributed by atoms with Crippen LogP contribution in [0.2, 0.25) is 0 Å². The number of ether oxygens (including phenoxy) is 2. The molecule has 0 aromatic heterocycles. The van der Waals surface area contributed by atoms with Gasteiger partial charge in [0, 0.05) is 31.3 Å². The fraction of sp³-hybridized carbons (Fsp3) is 0.385. The number of nitro benzene ring substituents is 1. The number of nitrogens with zero attached hydrogens (tertiary/aromatic N) is 2. The molecule has 8 nitrogen and oxygen atoms in total. The van der Waals surface area contributed by atoms with Crippen molar-refractivity contribution in [3.63, 3.8) is 0 Å². The molecule has 0 spiro atoms. The molecule has 0 aliphatic heterocycles. The molecule has 0 aliphatic rings. The van der Waals surface area contributed by atoms with Gasteiger partial charge in [-0.05, 0) is 6.07 Å². The second kappa shape index (κ2) is 7.22. The molecule has 0 bridgehead atoms. The number of hydrogen-bond acceptors (Lipinski definition) is 6. The van der Waals surface area contributed by atoms with Crippen molar-refractivity contribution in [3.05, 3.63) is 33.9 Å². The summed E-state index contributed by atoms with van der Waals surface area (Å²) in [6.07, 6.45) is 0.0723. The molecule has 0 N–H and O–H groups in total. The van der Waals surface area contributed by atoms with Crippen molar-refractivity contribution in [2.75, 3.05) is 27.8 Å². The summed E-state index contributed by atoms with van der Waals surface area (Å²) in [6.45, 7) is 0.185. The van der Waals surface area contributed by atoms with E-state index in [9.17, 15) is 19.7 Å². The second-order valence-corrected chi connectivity index (χ2v) is 4.20. The van der Waals surface area contributed by atoms with Crippen molar-refractivity contribution in [3.8, 4) is 5.75 Å². The first kappa shape index (κ1) is 16.4. The Kier molecular flexibility index (Phi) is 5.65. The topological polar surface area (TPSA) is 99.0 Å². The van der Waals surface area contributed by atoms with E-state index in [-0.39, 0.29) is 35.9 Å². The number of amides is 1. The van der Waals surface area contributed by atoms with Crippen molar-refractivity contribution >= 4 is 17.6 Å². The molecule has 1 amide bonds. The molecule has 1 rings (SSSR count). The zero-order valence-corrected chi connectivity index (χ0v) is 12.0. The van der Waals surface area contributed by atoms with Crippen LogP contribution in [0.4, 0.5) is 5.69 Å². The molecule has 0 unspecified atom stereocenters. The van der Waals surface area contributed by atoms with Crippen LogP contribution in [0.15, 0.2) is 18.2 Å². The van der Waals surface area contributed by atoms with Gasteiger partial charge in [0.25, 0.3) is 5.91 Å². The molecular weight excluding hydrogens is 280 g/mol. The number of carbonyl (C=O) groups is 2. The first-order valence-electron chi connectivity index (χ1n) is 6.05. The van der Waals surface area contributed by atoms with E-state index in [0.717, 1.165) is 0 Å². The lowest BCUT2D eigenvalue weighted by Crippen LogP contribution is -2.29. The summed E-state index contributed by atoms with van der Waals surface area (Å²) >= 11 is 0. The fourth-order valence-corrected chi connectivity index (χ4v) is 1.64. The molecular formula is C13H16N2O6. The van der Waals surface area contributed by atoms with Gasteiger partial charge in [-0.15, -0.1) is 0 Å². The highest BCUT2D eigenvalue weighted by atomic mass is 16.6. The summed E-state index contributed by atoms with van der Waals surface area (Å²) < 4.78 is 9.40. The van der Waals surface area contributed by atoms with Crippen LogP contribution in [0.25, 0.3) is 0 Å². The van der Waals surface area contributed by atoms with Gasteiger partial charge in [-0.25, -0.2) is 0 Å². The summed E-state index contributed by atoms with van der Waals surface area (Å²) in [4.78, 5) is 34.7. The third-order valence-electron chi connectivity index (χ3n) is 2.85. The van der Waals surface area contributed by atoms with Gasteiger partial charge < -0.3 is 14.4 Å². The molecule has 1 aromatic rings. The van der Waals surface area contributed by atoms with Crippen LogP contribution in [-0.2, 0) is 9.53 Å². The van der Waals surface area contributed by atoms with Crippen molar-refractivity contribution < 1.29 is 24.0 Å². The number of hydrogen-bond donors (Lipinski definition) is 0. The average molecular weight is 296 g/mol. The highest BCUT2D eigenvalue weighted by Gasteiger charge is 2.19. The highest BCUT2D eigenvalue weighted by Crippen LogP contribution is 2.27. The molecule has 0 radical (unpaired) electrons. The largest absolute Gasteiger partial charge is 0.490 e. The van der Waals surface area contributed by atoms with E-state index in [1.54, 1.807) is 0 Å². The standard InChI is InChI=1S/C13H16N2O6/c1-14(7-6-12(16)21-3)13(17)9-4-5-10(15(18)19)11(8-9)20-2/h4-5,8H,6-7H2,1-3H3. The first-order valence-corrected chi connectivity index (χ1v) is 6.05. The fourth-order valence-electron chi connectivity index (χ4n) is 1.64. The van der Waals surface area contributed by atoms with Crippen LogP contribution in [0, 0.1) is 10.1 Å². The van der Waals surface area contributed by atoms with Crippen LogP contribution in [-0.4, -0.2) is 49.5 Å². The minimum absolute atomic E-state index is 0.00668. The Bertz CT molecular complexity index is 558. The Balaban J connectivity index is 2.87. The van der Waals surface area contributed by atoms with Gasteiger partial charge in [0.1, 0.15) is 0 Å². The lowest BCUT2D eigenvalue weighted by molar-refractivity contribution is -0.385. The van der Waals surface area contributed by atoms with Crippen molar-refractivity contribution in [1.82, 2.24) is 4.90 Å². The molecule has 114 valence electrons. The zero-order chi connectivity index (χ0) is 16.0. The van der Waals surface area contributed by atoms with Crippen molar-refractivity contribution in [1.29, 1.82) is 0 Å². The normalized spacial score (nSPS) is 9.86. The number of benzene rings is 1. The third-order valence-corrected chi connectivity index (χ3v) is 2.85. The lowest BCUT2D eigenvalue weighted by atomic mass is 10.1. The average Bonchev–Trinajstić information content (AvgIpc) is 2.50. The lowest BCUT2D eigenvalue weighted by Gasteiger charge is -2.16. The first-order chi connectivity index (χ1) is 9.90. The van der Waals surface area contributed by atoms with E-state index < -0.39 is 10.9 Å². The summed E-state index contributed by atoms with van der Waals surface area (Å²) in [5, 5.41) is 10.8. The van der Waals surface area contributed by atoms with Gasteiger partial charge in [-0.1, -0.05) is 0 Å². The Morgan fingerprint density at radius 2 is 2.00 bits per heavy atom. The highest BCUT2D eigenvalue weighted by molar-refractivity contribution is 5.95. The van der Waals surface area contributed by atoms with Gasteiger partial charge in [-0.2, -0.15) is 0 Å². The quantitative estimate of drug-likeness (QED) is 0.445. The maximum absolute atomic E-state index is 12.1. The predicted molar refractivity (Wildman–Crippen MR) is 73.2 cm³/mol. The number of esters is 1. The molecule has 0 saturated heterocycles. The van der Waals surface area contributed by atoms with Crippen molar-refractivity contribution in [2.45, 2.75) is 6.42 Å². The predicted octanol–water partition coefficient (Wildman–Crippen LogP) is 1.24. The zero-order valence-electron chi connectivity index (χ0n) is 12.0. The van der Waals surface area contributed by atoms with Crippen LogP contribution in [0.1, 0.15) is 16.8 Å². The third kappa shape index (κ3) is 4.16. The van der Waals surface area contributed by atoms with Crippen LogP contribution in [0.5, 0.6) is 5.75 Å². The van der Waals surface area contributed by atoms with E-state index in [0.29, 0.717) is 0 Å². The van der Waals surface area contributed by atoms with Gasteiger partial charge >= 0.3 is 11.7 Å². The van der Waals surface area contributed by atoms with Crippen LogP contribution >= 0.6 is 0 Å². The van der Waals surface area contributed by atoms with E-state index in [1.807, 2.05) is 0 Å². The van der Waals surface area contributed by atoms with E-state index in [1.165, 1.54) is 44.4 Å². The smallest absolute Gasteiger partial charge is 0.310 e. The summed E-state index contributed by atoms with van der Waals surface area (Å²) in [6, 6.07) is 3.85. The molecule has 0 fully saturated rings. The Morgan fingerprint density at radius 3 is 2.52 bits per heavy atom. The van der Waals surface area contributed by atoms with Crippen LogP contribution in [0.3, 0.4) is 0 Å². The van der Waals surface area contributed by atoms with Gasteiger partial charge in [-0.3, -0.25) is 19.7 Å². The number of methoxy groups -OCH3 is 2. The maximum Gasteiger partial charge on any atom is 0.310 e. The molecule has 0 saturated carbocycles. The van der Waals surface area contributed by atoms with E-state index in [2.05, 4.69) is 4.74 Å². The van der Waals surface area contributed by atoms with E-state index in [4.69, 9.17) is 4.74 Å². The molecule has 0 atom stereocenters. The van der Waals surface area contributed by atoms with E-state index >= 15 is 0 Å². The second-order valence-electron chi connectivity index (χ2n) is 4.20. The summed E-state index contributed by atoms with van der Waals surface area (Å²) in [7, 11) is 4.09. The Hall–Kier alpha value is -2.64. The van der Waals surface area contributed by atoms with Crippen molar-refractivity contribution in [2.24, 2.45) is 0 Å². The number of carbonyl (C=O) groups excluding carboxylic acids is 2. The minimum Gasteiger partial charge on any atom is -0.490 e. The van der Waals surface area contributed by atoms with Gasteiger partial charge in [0.05, 0.1) is 25.6 Å². The van der Waals surface area contributed by atoms with Crippen LogP contribution < -0.4 is 4.74 Å². The summed E-state index contributed by atoms with van der Waals surface area (Å²) in [5.74, 6) is -0.782. The molecule has 21 heavy (non-hydrogen) atoms. The molecule has 0 heterocycles. The Labute approximate surface area is 121 Å². The molecule has 8 heteroatoms. The molecule has 1 aromatic carbocycles. The SMILES string of the molecule is COC(=O)CCN(C)C(=O)c1ccc([N+](=O)[O-])c(OC)c1. The summed E-state index contributed by atoms with van der Waals surface area (Å²) in [5.41, 5.74) is 0.0241. The number of nitro groups is 1. The molecule has 0 aliphatic carbocycles. The van der Waals surface area contributed by atoms with Gasteiger partial charge in [0.15, 0.2) is 5.75 Å². The monoisotopic (exact) mass is 296 g/mol. The van der Waals surface area contributed by atoms with Gasteiger partial charge in [0.2, 0.25) is 0 Å².